The number of hydrogen-bond acceptors (Lipinski definition) is 3. The van der Waals surface area contributed by atoms with E-state index >= 15 is 0 Å². The Morgan fingerprint density at radius 2 is 1.88 bits per heavy atom. The highest BCUT2D eigenvalue weighted by molar-refractivity contribution is 9.10. The molecule has 0 saturated carbocycles. The average Bonchev–Trinajstić information content (AvgIpc) is 2.30. The molecule has 1 aromatic rings. The zero-order valence-corrected chi connectivity index (χ0v) is 12.8. The van der Waals surface area contributed by atoms with Crippen LogP contribution >= 0.6 is 15.9 Å². The Bertz CT molecular complexity index is 351. The van der Waals surface area contributed by atoms with Gasteiger partial charge >= 0.3 is 0 Å². The van der Waals surface area contributed by atoms with E-state index in [1.807, 2.05) is 6.07 Å². The van der Waals surface area contributed by atoms with Crippen LogP contribution in [0.2, 0.25) is 0 Å². The van der Waals surface area contributed by atoms with E-state index in [1.165, 1.54) is 0 Å². The molecule has 0 amide bonds. The van der Waals surface area contributed by atoms with E-state index in [0.717, 1.165) is 41.9 Å². The number of nitrogens with zero attached hydrogens (tertiary/aromatic N) is 3. The fraction of sp³-hybridized carbons (Fsp3) is 0.692. The first kappa shape index (κ1) is 14.4. The van der Waals surface area contributed by atoms with Gasteiger partial charge in [-0.2, -0.15) is 0 Å². The third-order valence-corrected chi connectivity index (χ3v) is 3.46. The maximum absolute atomic E-state index is 4.62. The first-order valence-electron chi connectivity index (χ1n) is 6.38. The molecule has 0 aliphatic heterocycles. The lowest BCUT2D eigenvalue weighted by molar-refractivity contribution is 0.584. The summed E-state index contributed by atoms with van der Waals surface area (Å²) in [5.41, 5.74) is 0. The van der Waals surface area contributed by atoms with Gasteiger partial charge in [0.2, 0.25) is 0 Å². The van der Waals surface area contributed by atoms with E-state index in [2.05, 4.69) is 58.6 Å². The third kappa shape index (κ3) is 3.95. The molecule has 0 aliphatic rings. The monoisotopic (exact) mass is 299 g/mol. The molecule has 0 saturated heterocycles. The molecule has 1 aromatic heterocycles. The lowest BCUT2D eigenvalue weighted by Gasteiger charge is -2.27. The number of aryl methyl sites for hydroxylation is 1. The number of anilines is 1. The Labute approximate surface area is 113 Å². The summed E-state index contributed by atoms with van der Waals surface area (Å²) >= 11 is 3.47. The van der Waals surface area contributed by atoms with Crippen LogP contribution in [0.1, 0.15) is 45.9 Å². The van der Waals surface area contributed by atoms with Gasteiger partial charge in [-0.25, -0.2) is 9.97 Å². The van der Waals surface area contributed by atoms with Crippen molar-refractivity contribution in [1.29, 1.82) is 0 Å². The molecule has 0 aliphatic carbocycles. The molecular weight excluding hydrogens is 278 g/mol. The fourth-order valence-corrected chi connectivity index (χ4v) is 2.40. The van der Waals surface area contributed by atoms with Gasteiger partial charge in [-0.1, -0.05) is 20.8 Å². The van der Waals surface area contributed by atoms with Gasteiger partial charge in [-0.05, 0) is 35.2 Å². The predicted molar refractivity (Wildman–Crippen MR) is 76.5 cm³/mol. The van der Waals surface area contributed by atoms with Gasteiger partial charge in [0.05, 0.1) is 0 Å². The minimum Gasteiger partial charge on any atom is -0.357 e. The number of halogens is 1. The van der Waals surface area contributed by atoms with Gasteiger partial charge in [-0.3, -0.25) is 0 Å². The first-order valence-corrected chi connectivity index (χ1v) is 7.17. The standard InChI is InChI=1S/C13H22BrN3/c1-5-8-12-15-11(14)9-13(16-12)17(4)10(6-2)7-3/h9-10H,5-8H2,1-4H3. The maximum Gasteiger partial charge on any atom is 0.133 e. The van der Waals surface area contributed by atoms with Crippen molar-refractivity contribution in [2.75, 3.05) is 11.9 Å². The van der Waals surface area contributed by atoms with Gasteiger partial charge in [0.1, 0.15) is 16.2 Å². The minimum atomic E-state index is 0.547. The van der Waals surface area contributed by atoms with Gasteiger partial charge in [0.25, 0.3) is 0 Å². The summed E-state index contributed by atoms with van der Waals surface area (Å²) in [6.07, 6.45) is 4.28. The predicted octanol–water partition coefficient (Wildman–Crippen LogP) is 3.82. The van der Waals surface area contributed by atoms with Crippen LogP contribution < -0.4 is 4.90 Å². The van der Waals surface area contributed by atoms with Crippen LogP contribution in [0.4, 0.5) is 5.82 Å². The molecule has 0 aromatic carbocycles. The van der Waals surface area contributed by atoms with Crippen LogP contribution in [-0.4, -0.2) is 23.1 Å². The molecule has 0 fully saturated rings. The van der Waals surface area contributed by atoms with Crippen molar-refractivity contribution in [3.8, 4) is 0 Å². The zero-order valence-electron chi connectivity index (χ0n) is 11.2. The highest BCUT2D eigenvalue weighted by Crippen LogP contribution is 2.20. The second kappa shape index (κ2) is 6.94. The molecule has 17 heavy (non-hydrogen) atoms. The van der Waals surface area contributed by atoms with Crippen molar-refractivity contribution in [2.24, 2.45) is 0 Å². The van der Waals surface area contributed by atoms with Crippen LogP contribution in [0, 0.1) is 0 Å². The largest absolute Gasteiger partial charge is 0.357 e. The van der Waals surface area contributed by atoms with Crippen LogP contribution in [0.3, 0.4) is 0 Å². The molecule has 4 heteroatoms. The van der Waals surface area contributed by atoms with E-state index in [4.69, 9.17) is 0 Å². The van der Waals surface area contributed by atoms with Crippen molar-refractivity contribution < 1.29 is 0 Å². The minimum absolute atomic E-state index is 0.547. The molecule has 1 heterocycles. The first-order chi connectivity index (χ1) is 8.12. The molecule has 0 N–H and O–H groups in total. The lowest BCUT2D eigenvalue weighted by Crippen LogP contribution is -2.31. The van der Waals surface area contributed by atoms with Gasteiger partial charge in [0, 0.05) is 25.6 Å². The third-order valence-electron chi connectivity index (χ3n) is 3.05. The molecule has 0 atom stereocenters. The maximum atomic E-state index is 4.62. The summed E-state index contributed by atoms with van der Waals surface area (Å²) in [4.78, 5) is 11.3. The van der Waals surface area contributed by atoms with Gasteiger partial charge < -0.3 is 4.90 Å². The van der Waals surface area contributed by atoms with E-state index in [9.17, 15) is 0 Å². The van der Waals surface area contributed by atoms with Crippen LogP contribution in [0.5, 0.6) is 0 Å². The Hall–Kier alpha value is -0.640. The Balaban J connectivity index is 2.95. The Morgan fingerprint density at radius 3 is 2.41 bits per heavy atom. The zero-order chi connectivity index (χ0) is 12.8. The summed E-state index contributed by atoms with van der Waals surface area (Å²) in [7, 11) is 2.11. The normalized spacial score (nSPS) is 10.9. The molecule has 0 unspecified atom stereocenters. The van der Waals surface area contributed by atoms with Crippen molar-refractivity contribution in [2.45, 2.75) is 52.5 Å². The summed E-state index contributed by atoms with van der Waals surface area (Å²) < 4.78 is 0.878. The molecular formula is C13H22BrN3. The number of rotatable bonds is 6. The fourth-order valence-electron chi connectivity index (χ4n) is 1.99. The van der Waals surface area contributed by atoms with E-state index in [0.29, 0.717) is 6.04 Å². The number of aromatic nitrogens is 2. The van der Waals surface area contributed by atoms with E-state index in [1.54, 1.807) is 0 Å². The van der Waals surface area contributed by atoms with Crippen LogP contribution in [0.15, 0.2) is 10.7 Å². The van der Waals surface area contributed by atoms with E-state index < -0.39 is 0 Å². The second-order valence-corrected chi connectivity index (χ2v) is 5.11. The SMILES string of the molecule is CCCc1nc(Br)cc(N(C)C(CC)CC)n1. The van der Waals surface area contributed by atoms with Gasteiger partial charge in [0.15, 0.2) is 0 Å². The van der Waals surface area contributed by atoms with Crippen molar-refractivity contribution in [3.63, 3.8) is 0 Å². The van der Waals surface area contributed by atoms with Gasteiger partial charge in [-0.15, -0.1) is 0 Å². The quantitative estimate of drug-likeness (QED) is 0.748. The molecule has 0 radical (unpaired) electrons. The van der Waals surface area contributed by atoms with E-state index in [-0.39, 0.29) is 0 Å². The lowest BCUT2D eigenvalue weighted by atomic mass is 10.1. The van der Waals surface area contributed by atoms with Crippen LogP contribution in [0.25, 0.3) is 0 Å². The second-order valence-electron chi connectivity index (χ2n) is 4.30. The summed E-state index contributed by atoms with van der Waals surface area (Å²) in [6, 6.07) is 2.54. The summed E-state index contributed by atoms with van der Waals surface area (Å²) in [5, 5.41) is 0. The molecule has 96 valence electrons. The summed E-state index contributed by atoms with van der Waals surface area (Å²) in [6.45, 7) is 6.58. The van der Waals surface area contributed by atoms with Crippen molar-refractivity contribution in [3.05, 3.63) is 16.5 Å². The Kier molecular flexibility index (Phi) is 5.89. The Morgan fingerprint density at radius 1 is 1.24 bits per heavy atom. The molecule has 0 bridgehead atoms. The van der Waals surface area contributed by atoms with Crippen molar-refractivity contribution >= 4 is 21.7 Å². The van der Waals surface area contributed by atoms with Crippen molar-refractivity contribution in [1.82, 2.24) is 9.97 Å². The smallest absolute Gasteiger partial charge is 0.133 e. The number of hydrogen-bond donors (Lipinski definition) is 0. The highest BCUT2D eigenvalue weighted by atomic mass is 79.9. The molecule has 0 spiro atoms. The molecule has 3 nitrogen and oxygen atoms in total. The van der Waals surface area contributed by atoms with Crippen LogP contribution in [-0.2, 0) is 6.42 Å². The highest BCUT2D eigenvalue weighted by Gasteiger charge is 2.14. The summed E-state index contributed by atoms with van der Waals surface area (Å²) in [5.74, 6) is 1.94. The average molecular weight is 300 g/mol. The topological polar surface area (TPSA) is 29.0 Å². The molecule has 1 rings (SSSR count).